The molecule has 0 spiro atoms. The Morgan fingerprint density at radius 1 is 1.40 bits per heavy atom. The highest BCUT2D eigenvalue weighted by Crippen LogP contribution is 2.13. The van der Waals surface area contributed by atoms with Crippen LogP contribution < -0.4 is 5.32 Å². The molecular weight excluding hydrogens is 259 g/mol. The van der Waals surface area contributed by atoms with E-state index in [1.165, 1.54) is 6.07 Å². The molecular formula is C15H17FN2O2. The van der Waals surface area contributed by atoms with Gasteiger partial charge in [-0.3, -0.25) is 9.69 Å². The molecule has 0 radical (unpaired) electrons. The Bertz CT molecular complexity index is 582. The Labute approximate surface area is 117 Å². The molecule has 0 aliphatic rings. The first kappa shape index (κ1) is 14.3. The van der Waals surface area contributed by atoms with Gasteiger partial charge < -0.3 is 9.73 Å². The second-order valence-electron chi connectivity index (χ2n) is 4.76. The number of nitrogens with one attached hydrogen (secondary N) is 1. The highest BCUT2D eigenvalue weighted by Gasteiger charge is 2.09. The number of hydrogen-bond donors (Lipinski definition) is 1. The maximum Gasteiger partial charge on any atom is 0.238 e. The molecule has 20 heavy (non-hydrogen) atoms. The fourth-order valence-electron chi connectivity index (χ4n) is 1.84. The number of amides is 1. The zero-order valence-electron chi connectivity index (χ0n) is 11.5. The van der Waals surface area contributed by atoms with Gasteiger partial charge in [0.1, 0.15) is 11.6 Å². The van der Waals surface area contributed by atoms with Crippen LogP contribution in [0.2, 0.25) is 0 Å². The zero-order chi connectivity index (χ0) is 14.5. The molecule has 1 aromatic carbocycles. The maximum absolute atomic E-state index is 13.4. The maximum atomic E-state index is 13.4. The molecule has 0 aliphatic carbocycles. The van der Waals surface area contributed by atoms with E-state index in [1.807, 2.05) is 18.0 Å². The van der Waals surface area contributed by atoms with Crippen LogP contribution in [0.25, 0.3) is 0 Å². The molecule has 2 aromatic rings. The predicted molar refractivity (Wildman–Crippen MR) is 74.8 cm³/mol. The van der Waals surface area contributed by atoms with Gasteiger partial charge in [0.25, 0.3) is 0 Å². The largest absolute Gasteiger partial charge is 0.468 e. The third-order valence-electron chi connectivity index (χ3n) is 2.87. The lowest BCUT2D eigenvalue weighted by molar-refractivity contribution is -0.117. The van der Waals surface area contributed by atoms with E-state index in [9.17, 15) is 9.18 Å². The molecule has 1 amide bonds. The van der Waals surface area contributed by atoms with Crippen LogP contribution in [0.3, 0.4) is 0 Å². The van der Waals surface area contributed by atoms with Crippen LogP contribution in [0, 0.1) is 12.7 Å². The summed E-state index contributed by atoms with van der Waals surface area (Å²) in [4.78, 5) is 13.7. The molecule has 5 heteroatoms. The van der Waals surface area contributed by atoms with Crippen molar-refractivity contribution in [3.63, 3.8) is 0 Å². The normalized spacial score (nSPS) is 10.8. The SMILES string of the molecule is Cc1ccc(NC(=O)CN(C)Cc2ccco2)cc1F. The van der Waals surface area contributed by atoms with Gasteiger partial charge in [0.2, 0.25) is 5.91 Å². The molecule has 106 valence electrons. The second kappa shape index (κ2) is 6.34. The van der Waals surface area contributed by atoms with Gasteiger partial charge in [0, 0.05) is 5.69 Å². The minimum Gasteiger partial charge on any atom is -0.468 e. The summed E-state index contributed by atoms with van der Waals surface area (Å²) in [5.41, 5.74) is 1.02. The average molecular weight is 276 g/mol. The third kappa shape index (κ3) is 3.93. The topological polar surface area (TPSA) is 45.5 Å². The lowest BCUT2D eigenvalue weighted by atomic mass is 10.2. The van der Waals surface area contributed by atoms with Gasteiger partial charge in [-0.05, 0) is 43.8 Å². The Morgan fingerprint density at radius 2 is 2.20 bits per heavy atom. The van der Waals surface area contributed by atoms with Crippen molar-refractivity contribution in [3.05, 3.63) is 53.7 Å². The number of likely N-dealkylation sites (N-methyl/N-ethyl adjacent to an activating group) is 1. The van der Waals surface area contributed by atoms with E-state index in [4.69, 9.17) is 4.42 Å². The Hall–Kier alpha value is -2.14. The van der Waals surface area contributed by atoms with Gasteiger partial charge in [-0.15, -0.1) is 0 Å². The van der Waals surface area contributed by atoms with Crippen LogP contribution in [0.15, 0.2) is 41.0 Å². The quantitative estimate of drug-likeness (QED) is 0.913. The fraction of sp³-hybridized carbons (Fsp3) is 0.267. The van der Waals surface area contributed by atoms with Crippen molar-refractivity contribution < 1.29 is 13.6 Å². The predicted octanol–water partition coefficient (Wildman–Crippen LogP) is 2.80. The van der Waals surface area contributed by atoms with Crippen molar-refractivity contribution in [3.8, 4) is 0 Å². The summed E-state index contributed by atoms with van der Waals surface area (Å²) in [5.74, 6) is 0.274. The molecule has 1 N–H and O–H groups in total. The van der Waals surface area contributed by atoms with Crippen LogP contribution in [0.1, 0.15) is 11.3 Å². The van der Waals surface area contributed by atoms with E-state index >= 15 is 0 Å². The number of nitrogens with zero attached hydrogens (tertiary/aromatic N) is 1. The van der Waals surface area contributed by atoms with Crippen molar-refractivity contribution in [2.45, 2.75) is 13.5 Å². The average Bonchev–Trinajstić information content (AvgIpc) is 2.86. The fourth-order valence-corrected chi connectivity index (χ4v) is 1.84. The number of rotatable bonds is 5. The highest BCUT2D eigenvalue weighted by atomic mass is 19.1. The van der Waals surface area contributed by atoms with Crippen LogP contribution in [-0.2, 0) is 11.3 Å². The molecule has 1 aromatic heterocycles. The summed E-state index contributed by atoms with van der Waals surface area (Å²) in [6.45, 7) is 2.43. The molecule has 2 rings (SSSR count). The Kier molecular flexibility index (Phi) is 4.53. The van der Waals surface area contributed by atoms with Crippen LogP contribution >= 0.6 is 0 Å². The molecule has 0 saturated heterocycles. The minimum atomic E-state index is -0.327. The van der Waals surface area contributed by atoms with Crippen LogP contribution in [0.5, 0.6) is 0 Å². The molecule has 0 bridgehead atoms. The monoisotopic (exact) mass is 276 g/mol. The third-order valence-corrected chi connectivity index (χ3v) is 2.87. The summed E-state index contributed by atoms with van der Waals surface area (Å²) in [5, 5.41) is 2.67. The molecule has 4 nitrogen and oxygen atoms in total. The zero-order valence-corrected chi connectivity index (χ0v) is 11.5. The number of benzene rings is 1. The molecule has 0 unspecified atom stereocenters. The molecule has 0 saturated carbocycles. The van der Waals surface area contributed by atoms with Crippen molar-refractivity contribution in [2.75, 3.05) is 18.9 Å². The first-order valence-corrected chi connectivity index (χ1v) is 6.31. The highest BCUT2D eigenvalue weighted by molar-refractivity contribution is 5.92. The number of carbonyl (C=O) groups excluding carboxylic acids is 1. The minimum absolute atomic E-state index is 0.192. The lowest BCUT2D eigenvalue weighted by Crippen LogP contribution is -2.29. The van der Waals surface area contributed by atoms with Gasteiger partial charge in [0.05, 0.1) is 19.4 Å². The van der Waals surface area contributed by atoms with E-state index in [0.717, 1.165) is 5.76 Å². The van der Waals surface area contributed by atoms with Crippen molar-refractivity contribution in [1.29, 1.82) is 0 Å². The van der Waals surface area contributed by atoms with Gasteiger partial charge >= 0.3 is 0 Å². The van der Waals surface area contributed by atoms with E-state index in [-0.39, 0.29) is 18.3 Å². The van der Waals surface area contributed by atoms with Crippen molar-refractivity contribution >= 4 is 11.6 Å². The lowest BCUT2D eigenvalue weighted by Gasteiger charge is -2.15. The Morgan fingerprint density at radius 3 is 2.85 bits per heavy atom. The van der Waals surface area contributed by atoms with E-state index in [1.54, 1.807) is 31.4 Å². The molecule has 0 aliphatic heterocycles. The summed E-state index contributed by atoms with van der Waals surface area (Å²) in [7, 11) is 1.82. The smallest absolute Gasteiger partial charge is 0.238 e. The van der Waals surface area contributed by atoms with Crippen molar-refractivity contribution in [2.24, 2.45) is 0 Å². The number of furan rings is 1. The standard InChI is InChI=1S/C15H17FN2O2/c1-11-5-6-12(8-14(11)16)17-15(19)10-18(2)9-13-4-3-7-20-13/h3-8H,9-10H2,1-2H3,(H,17,19). The van der Waals surface area contributed by atoms with Crippen LogP contribution in [0.4, 0.5) is 10.1 Å². The van der Waals surface area contributed by atoms with Crippen molar-refractivity contribution in [1.82, 2.24) is 4.90 Å². The first-order chi connectivity index (χ1) is 9.54. The number of hydrogen-bond acceptors (Lipinski definition) is 3. The summed E-state index contributed by atoms with van der Waals surface area (Å²) < 4.78 is 18.6. The van der Waals surface area contributed by atoms with E-state index in [0.29, 0.717) is 17.8 Å². The molecule has 0 fully saturated rings. The first-order valence-electron chi connectivity index (χ1n) is 6.31. The van der Waals surface area contributed by atoms with Gasteiger partial charge in [0.15, 0.2) is 0 Å². The molecule has 1 heterocycles. The summed E-state index contributed by atoms with van der Waals surface area (Å²) in [6, 6.07) is 8.29. The van der Waals surface area contributed by atoms with Gasteiger partial charge in [-0.2, -0.15) is 0 Å². The summed E-state index contributed by atoms with van der Waals surface area (Å²) >= 11 is 0. The number of aryl methyl sites for hydroxylation is 1. The summed E-state index contributed by atoms with van der Waals surface area (Å²) in [6.07, 6.45) is 1.60. The van der Waals surface area contributed by atoms with Gasteiger partial charge in [-0.1, -0.05) is 6.07 Å². The number of halogens is 1. The number of carbonyl (C=O) groups is 1. The second-order valence-corrected chi connectivity index (χ2v) is 4.76. The Balaban J connectivity index is 1.87. The number of anilines is 1. The van der Waals surface area contributed by atoms with E-state index in [2.05, 4.69) is 5.32 Å². The van der Waals surface area contributed by atoms with Crippen LogP contribution in [-0.4, -0.2) is 24.4 Å². The van der Waals surface area contributed by atoms with Gasteiger partial charge in [-0.25, -0.2) is 4.39 Å². The van der Waals surface area contributed by atoms with E-state index < -0.39 is 0 Å². The molecule has 0 atom stereocenters.